The number of anilines is 2. The minimum atomic E-state index is 0.616. The molecule has 0 unspecified atom stereocenters. The molecule has 0 radical (unpaired) electrons. The summed E-state index contributed by atoms with van der Waals surface area (Å²) in [4.78, 5) is 6.45. The van der Waals surface area contributed by atoms with Crippen molar-refractivity contribution in [3.05, 3.63) is 18.2 Å². The van der Waals surface area contributed by atoms with Gasteiger partial charge in [-0.1, -0.05) is 0 Å². The van der Waals surface area contributed by atoms with Gasteiger partial charge in [-0.2, -0.15) is 4.98 Å². The van der Waals surface area contributed by atoms with Crippen LogP contribution in [0.5, 0.6) is 0 Å². The number of ether oxygens (including phenoxy) is 1. The van der Waals surface area contributed by atoms with Crippen molar-refractivity contribution >= 4 is 22.8 Å². The first-order valence-corrected chi connectivity index (χ1v) is 5.64. The molecule has 92 valence electrons. The number of hydrogen-bond acceptors (Lipinski definition) is 5. The van der Waals surface area contributed by atoms with Crippen molar-refractivity contribution < 1.29 is 9.15 Å². The summed E-state index contributed by atoms with van der Waals surface area (Å²) in [5, 5.41) is 0. The third kappa shape index (κ3) is 2.50. The van der Waals surface area contributed by atoms with Crippen LogP contribution in [0.1, 0.15) is 6.92 Å². The van der Waals surface area contributed by atoms with E-state index in [2.05, 4.69) is 11.9 Å². The van der Waals surface area contributed by atoms with E-state index in [-0.39, 0.29) is 0 Å². The van der Waals surface area contributed by atoms with E-state index in [0.717, 1.165) is 24.2 Å². The summed E-state index contributed by atoms with van der Waals surface area (Å²) >= 11 is 0. The van der Waals surface area contributed by atoms with Crippen LogP contribution in [0.25, 0.3) is 11.1 Å². The maximum Gasteiger partial charge on any atom is 0.298 e. The number of nitrogens with two attached hydrogens (primary N) is 1. The molecule has 5 nitrogen and oxygen atoms in total. The molecule has 5 heteroatoms. The van der Waals surface area contributed by atoms with Gasteiger partial charge in [-0.25, -0.2) is 0 Å². The Morgan fingerprint density at radius 3 is 3.00 bits per heavy atom. The second kappa shape index (κ2) is 5.05. The van der Waals surface area contributed by atoms with Crippen LogP contribution in [0, 0.1) is 0 Å². The number of nitrogens with zero attached hydrogens (tertiary/aromatic N) is 2. The van der Waals surface area contributed by atoms with Gasteiger partial charge >= 0.3 is 0 Å². The summed E-state index contributed by atoms with van der Waals surface area (Å²) in [6, 6.07) is 6.07. The quantitative estimate of drug-likeness (QED) is 0.802. The topological polar surface area (TPSA) is 64.5 Å². The molecule has 0 spiro atoms. The molecule has 17 heavy (non-hydrogen) atoms. The zero-order valence-corrected chi connectivity index (χ0v) is 10.1. The van der Waals surface area contributed by atoms with Crippen LogP contribution in [0.3, 0.4) is 0 Å². The predicted molar refractivity (Wildman–Crippen MR) is 68.2 cm³/mol. The predicted octanol–water partition coefficient (Wildman–Crippen LogP) is 1.88. The van der Waals surface area contributed by atoms with Crippen molar-refractivity contribution in [2.24, 2.45) is 0 Å². The van der Waals surface area contributed by atoms with E-state index < -0.39 is 0 Å². The number of likely N-dealkylation sites (N-methyl/N-ethyl adjacent to an activating group) is 1. The fourth-order valence-electron chi connectivity index (χ4n) is 1.66. The molecule has 1 aromatic heterocycles. The van der Waals surface area contributed by atoms with Gasteiger partial charge in [-0.05, 0) is 25.1 Å². The molecule has 0 saturated carbocycles. The van der Waals surface area contributed by atoms with Gasteiger partial charge in [-0.15, -0.1) is 0 Å². The van der Waals surface area contributed by atoms with Crippen LogP contribution < -0.4 is 10.6 Å². The van der Waals surface area contributed by atoms with Crippen molar-refractivity contribution in [2.75, 3.05) is 37.4 Å². The number of oxazole rings is 1. The van der Waals surface area contributed by atoms with E-state index >= 15 is 0 Å². The van der Waals surface area contributed by atoms with E-state index in [1.165, 1.54) is 0 Å². The Bertz CT molecular complexity index is 495. The van der Waals surface area contributed by atoms with Gasteiger partial charge in [0.1, 0.15) is 5.52 Å². The van der Waals surface area contributed by atoms with Crippen molar-refractivity contribution in [1.29, 1.82) is 0 Å². The molecular weight excluding hydrogens is 218 g/mol. The standard InChI is InChI=1S/C12H17N3O2/c1-3-15(6-7-16-2)12-14-10-8-9(13)4-5-11(10)17-12/h4-5,8H,3,6-7,13H2,1-2H3. The molecule has 0 fully saturated rings. The zero-order valence-electron chi connectivity index (χ0n) is 10.1. The SMILES string of the molecule is CCN(CCOC)c1nc2cc(N)ccc2o1. The third-order valence-electron chi connectivity index (χ3n) is 2.62. The van der Waals surface area contributed by atoms with Crippen LogP contribution in [0.15, 0.2) is 22.6 Å². The Hall–Kier alpha value is -1.75. The van der Waals surface area contributed by atoms with Gasteiger partial charge in [0.15, 0.2) is 5.58 Å². The Morgan fingerprint density at radius 2 is 2.29 bits per heavy atom. The Morgan fingerprint density at radius 1 is 1.47 bits per heavy atom. The molecule has 0 aliphatic carbocycles. The van der Waals surface area contributed by atoms with Gasteiger partial charge < -0.3 is 19.8 Å². The highest BCUT2D eigenvalue weighted by Crippen LogP contribution is 2.23. The number of benzene rings is 1. The minimum absolute atomic E-state index is 0.616. The normalized spacial score (nSPS) is 10.9. The summed E-state index contributed by atoms with van der Waals surface area (Å²) in [6.07, 6.45) is 0. The van der Waals surface area contributed by atoms with E-state index in [0.29, 0.717) is 18.3 Å². The van der Waals surface area contributed by atoms with Gasteiger partial charge in [0.2, 0.25) is 0 Å². The first-order chi connectivity index (χ1) is 8.24. The average Bonchev–Trinajstić information content (AvgIpc) is 2.72. The molecule has 1 heterocycles. The molecule has 2 aromatic rings. The molecule has 0 aliphatic rings. The highest BCUT2D eigenvalue weighted by atomic mass is 16.5. The van der Waals surface area contributed by atoms with E-state index in [4.69, 9.17) is 14.9 Å². The maximum absolute atomic E-state index is 5.71. The number of nitrogen functional groups attached to an aromatic ring is 1. The zero-order chi connectivity index (χ0) is 12.3. The van der Waals surface area contributed by atoms with Crippen molar-refractivity contribution in [3.63, 3.8) is 0 Å². The Kier molecular flexibility index (Phi) is 3.49. The van der Waals surface area contributed by atoms with Crippen molar-refractivity contribution in [3.8, 4) is 0 Å². The van der Waals surface area contributed by atoms with E-state index in [1.54, 1.807) is 7.11 Å². The molecule has 0 atom stereocenters. The smallest absolute Gasteiger partial charge is 0.298 e. The lowest BCUT2D eigenvalue weighted by atomic mass is 10.3. The molecule has 0 saturated heterocycles. The molecular formula is C12H17N3O2. The minimum Gasteiger partial charge on any atom is -0.423 e. The Labute approximate surface area is 100 Å². The second-order valence-electron chi connectivity index (χ2n) is 3.80. The summed E-state index contributed by atoms with van der Waals surface area (Å²) in [5.41, 5.74) is 7.94. The lowest BCUT2D eigenvalue weighted by Gasteiger charge is -2.17. The Balaban J connectivity index is 2.27. The van der Waals surface area contributed by atoms with Crippen LogP contribution in [0.2, 0.25) is 0 Å². The molecule has 2 rings (SSSR count). The summed E-state index contributed by atoms with van der Waals surface area (Å²) in [6.45, 7) is 4.29. The fourth-order valence-corrected chi connectivity index (χ4v) is 1.66. The molecule has 0 amide bonds. The monoisotopic (exact) mass is 235 g/mol. The van der Waals surface area contributed by atoms with Crippen LogP contribution in [0.4, 0.5) is 11.7 Å². The van der Waals surface area contributed by atoms with Gasteiger partial charge in [0.25, 0.3) is 6.01 Å². The van der Waals surface area contributed by atoms with Gasteiger partial charge in [0, 0.05) is 25.9 Å². The maximum atomic E-state index is 5.71. The number of aromatic nitrogens is 1. The fraction of sp³-hybridized carbons (Fsp3) is 0.417. The largest absolute Gasteiger partial charge is 0.423 e. The number of fused-ring (bicyclic) bond motifs is 1. The molecule has 0 aliphatic heterocycles. The lowest BCUT2D eigenvalue weighted by Crippen LogP contribution is -2.26. The van der Waals surface area contributed by atoms with Crippen LogP contribution in [-0.4, -0.2) is 31.8 Å². The highest BCUT2D eigenvalue weighted by molar-refractivity contribution is 5.78. The molecule has 2 N–H and O–H groups in total. The van der Waals surface area contributed by atoms with E-state index in [1.807, 2.05) is 23.1 Å². The number of methoxy groups -OCH3 is 1. The molecule has 0 bridgehead atoms. The highest BCUT2D eigenvalue weighted by Gasteiger charge is 2.12. The number of hydrogen-bond donors (Lipinski definition) is 1. The van der Waals surface area contributed by atoms with Crippen molar-refractivity contribution in [1.82, 2.24) is 4.98 Å². The van der Waals surface area contributed by atoms with Crippen LogP contribution >= 0.6 is 0 Å². The first kappa shape index (κ1) is 11.7. The van der Waals surface area contributed by atoms with Crippen molar-refractivity contribution in [2.45, 2.75) is 6.92 Å². The first-order valence-electron chi connectivity index (χ1n) is 5.64. The van der Waals surface area contributed by atoms with E-state index in [9.17, 15) is 0 Å². The van der Waals surface area contributed by atoms with Gasteiger partial charge in [-0.3, -0.25) is 0 Å². The summed E-state index contributed by atoms with van der Waals surface area (Å²) < 4.78 is 10.7. The third-order valence-corrected chi connectivity index (χ3v) is 2.62. The van der Waals surface area contributed by atoms with Gasteiger partial charge in [0.05, 0.1) is 6.61 Å². The van der Waals surface area contributed by atoms with Crippen LogP contribution in [-0.2, 0) is 4.74 Å². The summed E-state index contributed by atoms with van der Waals surface area (Å²) in [5.74, 6) is 0. The second-order valence-corrected chi connectivity index (χ2v) is 3.80. The summed E-state index contributed by atoms with van der Waals surface area (Å²) in [7, 11) is 1.68. The molecule has 1 aromatic carbocycles. The number of rotatable bonds is 5. The lowest BCUT2D eigenvalue weighted by molar-refractivity contribution is 0.204. The average molecular weight is 235 g/mol.